The number of halogens is 1. The van der Waals surface area contributed by atoms with E-state index in [0.717, 1.165) is 31.2 Å². The summed E-state index contributed by atoms with van der Waals surface area (Å²) in [4.78, 5) is 12.4. The van der Waals surface area contributed by atoms with Crippen molar-refractivity contribution in [2.75, 3.05) is 6.54 Å². The average molecular weight is 341 g/mol. The van der Waals surface area contributed by atoms with E-state index in [0.29, 0.717) is 13.0 Å². The molecule has 2 rings (SSSR count). The van der Waals surface area contributed by atoms with Gasteiger partial charge in [-0.15, -0.1) is 12.4 Å². The molecule has 4 nitrogen and oxygen atoms in total. The molecule has 5 heteroatoms. The van der Waals surface area contributed by atoms with Crippen molar-refractivity contribution < 1.29 is 9.90 Å². The molecule has 0 spiro atoms. The number of rotatable bonds is 6. The number of nitrogens with two attached hydrogens (primary N) is 1. The molecule has 4 N–H and O–H groups in total. The first-order valence-corrected chi connectivity index (χ1v) is 8.31. The van der Waals surface area contributed by atoms with Gasteiger partial charge in [0.15, 0.2) is 0 Å². The largest absolute Gasteiger partial charge is 0.393 e. The molecule has 1 saturated carbocycles. The van der Waals surface area contributed by atoms with Crippen molar-refractivity contribution in [2.24, 2.45) is 5.73 Å². The van der Waals surface area contributed by atoms with E-state index in [1.54, 1.807) is 6.92 Å². The first-order valence-electron chi connectivity index (χ1n) is 8.31. The fraction of sp³-hybridized carbons (Fsp3) is 0.611. The van der Waals surface area contributed by atoms with E-state index in [1.165, 1.54) is 6.42 Å². The Morgan fingerprint density at radius 3 is 2.43 bits per heavy atom. The second-order valence-corrected chi connectivity index (χ2v) is 6.62. The first kappa shape index (κ1) is 19.9. The first-order chi connectivity index (χ1) is 10.5. The van der Waals surface area contributed by atoms with Gasteiger partial charge in [0.2, 0.25) is 5.91 Å². The van der Waals surface area contributed by atoms with Crippen molar-refractivity contribution >= 4 is 18.3 Å². The summed E-state index contributed by atoms with van der Waals surface area (Å²) in [6.45, 7) is 2.30. The summed E-state index contributed by atoms with van der Waals surface area (Å²) in [6.07, 6.45) is 4.99. The predicted molar refractivity (Wildman–Crippen MR) is 95.7 cm³/mol. The molecule has 1 aliphatic carbocycles. The molecule has 130 valence electrons. The van der Waals surface area contributed by atoms with Gasteiger partial charge >= 0.3 is 0 Å². The number of carbonyl (C=O) groups is 1. The number of aliphatic hydroxyl groups excluding tert-OH is 1. The summed E-state index contributed by atoms with van der Waals surface area (Å²) in [7, 11) is 0. The van der Waals surface area contributed by atoms with E-state index >= 15 is 0 Å². The molecule has 1 fully saturated rings. The van der Waals surface area contributed by atoms with Crippen LogP contribution in [0.1, 0.15) is 56.9 Å². The van der Waals surface area contributed by atoms with Gasteiger partial charge in [-0.25, -0.2) is 0 Å². The molecule has 0 radical (unpaired) electrons. The quantitative estimate of drug-likeness (QED) is 0.745. The summed E-state index contributed by atoms with van der Waals surface area (Å²) >= 11 is 0. The number of nitrogens with one attached hydrogen (secondary N) is 1. The standard InChI is InChI=1S/C18H28N2O2.ClH/c1-14(21)12-16(15-8-4-2-5-9-15)13-20-17(22)18(19)10-6-3-7-11-18;/h2,4-5,8-9,14,16,21H,3,6-7,10-13,19H2,1H3,(H,20,22);1H. The number of hydrogen-bond acceptors (Lipinski definition) is 3. The molecular weight excluding hydrogens is 312 g/mol. The van der Waals surface area contributed by atoms with E-state index in [1.807, 2.05) is 30.3 Å². The molecule has 1 aliphatic rings. The van der Waals surface area contributed by atoms with Gasteiger partial charge in [-0.2, -0.15) is 0 Å². The van der Waals surface area contributed by atoms with Gasteiger partial charge in [-0.1, -0.05) is 49.6 Å². The zero-order chi connectivity index (χ0) is 16.0. The van der Waals surface area contributed by atoms with Crippen molar-refractivity contribution in [1.29, 1.82) is 0 Å². The highest BCUT2D eigenvalue weighted by molar-refractivity contribution is 5.86. The number of amides is 1. The van der Waals surface area contributed by atoms with E-state index in [9.17, 15) is 9.90 Å². The number of benzene rings is 1. The molecule has 1 aromatic carbocycles. The summed E-state index contributed by atoms with van der Waals surface area (Å²) in [6, 6.07) is 10.0. The summed E-state index contributed by atoms with van der Waals surface area (Å²) in [5.74, 6) is 0.0658. The predicted octanol–water partition coefficient (Wildman–Crippen LogP) is 2.74. The number of carbonyl (C=O) groups excluding carboxylic acids is 1. The van der Waals surface area contributed by atoms with Crippen LogP contribution in [0.25, 0.3) is 0 Å². The molecule has 0 heterocycles. The van der Waals surface area contributed by atoms with Crippen LogP contribution in [0.3, 0.4) is 0 Å². The van der Waals surface area contributed by atoms with Crippen LogP contribution in [0.4, 0.5) is 0 Å². The van der Waals surface area contributed by atoms with Gasteiger partial charge in [0, 0.05) is 12.5 Å². The smallest absolute Gasteiger partial charge is 0.240 e. The Balaban J connectivity index is 0.00000264. The maximum Gasteiger partial charge on any atom is 0.240 e. The summed E-state index contributed by atoms with van der Waals surface area (Å²) < 4.78 is 0. The molecule has 1 aromatic rings. The molecule has 1 amide bonds. The third-order valence-corrected chi connectivity index (χ3v) is 4.60. The van der Waals surface area contributed by atoms with Crippen LogP contribution in [0.2, 0.25) is 0 Å². The van der Waals surface area contributed by atoms with Gasteiger partial charge in [-0.3, -0.25) is 4.79 Å². The van der Waals surface area contributed by atoms with Crippen LogP contribution in [-0.2, 0) is 4.79 Å². The van der Waals surface area contributed by atoms with Crippen LogP contribution < -0.4 is 11.1 Å². The minimum Gasteiger partial charge on any atom is -0.393 e. The Morgan fingerprint density at radius 2 is 1.87 bits per heavy atom. The molecule has 0 aliphatic heterocycles. The summed E-state index contributed by atoms with van der Waals surface area (Å²) in [5.41, 5.74) is 6.70. The highest BCUT2D eigenvalue weighted by Gasteiger charge is 2.35. The molecule has 0 bridgehead atoms. The van der Waals surface area contributed by atoms with Gasteiger partial charge < -0.3 is 16.2 Å². The molecule has 2 unspecified atom stereocenters. The lowest BCUT2D eigenvalue weighted by atomic mass is 9.81. The number of aliphatic hydroxyl groups is 1. The van der Waals surface area contributed by atoms with Gasteiger partial charge in [0.25, 0.3) is 0 Å². The van der Waals surface area contributed by atoms with Crippen molar-refractivity contribution in [3.8, 4) is 0 Å². The van der Waals surface area contributed by atoms with Crippen molar-refractivity contribution in [1.82, 2.24) is 5.32 Å². The van der Waals surface area contributed by atoms with Crippen molar-refractivity contribution in [3.63, 3.8) is 0 Å². The zero-order valence-corrected chi connectivity index (χ0v) is 14.6. The van der Waals surface area contributed by atoms with Crippen LogP contribution in [-0.4, -0.2) is 29.2 Å². The minimum absolute atomic E-state index is 0. The van der Waals surface area contributed by atoms with Crippen molar-refractivity contribution in [2.45, 2.75) is 63.0 Å². The molecular formula is C18H29ClN2O2. The van der Waals surface area contributed by atoms with Gasteiger partial charge in [0.05, 0.1) is 11.6 Å². The Hall–Kier alpha value is -1.10. The lowest BCUT2D eigenvalue weighted by molar-refractivity contribution is -0.127. The SMILES string of the molecule is CC(O)CC(CNC(=O)C1(N)CCCCC1)c1ccccc1.Cl. The van der Waals surface area contributed by atoms with Gasteiger partial charge in [0.1, 0.15) is 0 Å². The second kappa shape index (κ2) is 9.26. The number of hydrogen-bond donors (Lipinski definition) is 3. The second-order valence-electron chi connectivity index (χ2n) is 6.62. The Kier molecular flexibility index (Phi) is 8.03. The lowest BCUT2D eigenvalue weighted by Gasteiger charge is -2.32. The van der Waals surface area contributed by atoms with Crippen LogP contribution in [0.15, 0.2) is 30.3 Å². The molecule has 0 saturated heterocycles. The van der Waals surface area contributed by atoms with E-state index in [-0.39, 0.29) is 24.2 Å². The Morgan fingerprint density at radius 1 is 1.26 bits per heavy atom. The normalized spacial score (nSPS) is 19.3. The van der Waals surface area contributed by atoms with E-state index in [2.05, 4.69) is 5.32 Å². The van der Waals surface area contributed by atoms with Crippen molar-refractivity contribution in [3.05, 3.63) is 35.9 Å². The maximum absolute atomic E-state index is 12.4. The fourth-order valence-corrected chi connectivity index (χ4v) is 3.28. The Bertz CT molecular complexity index is 473. The third-order valence-electron chi connectivity index (χ3n) is 4.60. The fourth-order valence-electron chi connectivity index (χ4n) is 3.28. The van der Waals surface area contributed by atoms with E-state index in [4.69, 9.17) is 5.73 Å². The maximum atomic E-state index is 12.4. The third kappa shape index (κ3) is 5.79. The molecule has 2 atom stereocenters. The molecule has 23 heavy (non-hydrogen) atoms. The van der Waals surface area contributed by atoms with E-state index < -0.39 is 11.6 Å². The lowest BCUT2D eigenvalue weighted by Crippen LogP contribution is -2.55. The Labute approximate surface area is 145 Å². The zero-order valence-electron chi connectivity index (χ0n) is 13.8. The monoisotopic (exact) mass is 340 g/mol. The highest BCUT2D eigenvalue weighted by atomic mass is 35.5. The van der Waals surface area contributed by atoms with Crippen LogP contribution in [0.5, 0.6) is 0 Å². The van der Waals surface area contributed by atoms with Crippen LogP contribution in [0, 0.1) is 0 Å². The average Bonchev–Trinajstić information content (AvgIpc) is 2.52. The minimum atomic E-state index is -0.704. The highest BCUT2D eigenvalue weighted by Crippen LogP contribution is 2.26. The van der Waals surface area contributed by atoms with Crippen LogP contribution >= 0.6 is 12.4 Å². The molecule has 0 aromatic heterocycles. The summed E-state index contributed by atoms with van der Waals surface area (Å²) in [5, 5.41) is 12.7. The van der Waals surface area contributed by atoms with Gasteiger partial charge in [-0.05, 0) is 31.7 Å². The topological polar surface area (TPSA) is 75.3 Å².